The van der Waals surface area contributed by atoms with Crippen molar-refractivity contribution in [2.75, 3.05) is 6.61 Å². The Bertz CT molecular complexity index is 38.1. The van der Waals surface area contributed by atoms with Crippen molar-refractivity contribution in [2.24, 2.45) is 0 Å². The van der Waals surface area contributed by atoms with Gasteiger partial charge in [-0.05, 0) is 6.92 Å². The zero-order valence-electron chi connectivity index (χ0n) is 3.38. The van der Waals surface area contributed by atoms with Crippen LogP contribution in [0, 0.1) is 0 Å². The van der Waals surface area contributed by atoms with Crippen molar-refractivity contribution in [3.8, 4) is 0 Å². The topological polar surface area (TPSA) is 54.4 Å². The summed E-state index contributed by atoms with van der Waals surface area (Å²) < 4.78 is 16.9. The summed E-state index contributed by atoms with van der Waals surface area (Å²) >= 11 is -1.62. The van der Waals surface area contributed by atoms with E-state index >= 15 is 0 Å². The van der Waals surface area contributed by atoms with Gasteiger partial charge in [0.2, 0.25) is 0 Å². The molecule has 0 unspecified atom stereocenters. The Kier molecular flexibility index (Phi) is 30.7. The molecule has 0 aliphatic heterocycles. The summed E-state index contributed by atoms with van der Waals surface area (Å²) in [6.45, 7) is 1.93. The van der Waals surface area contributed by atoms with Gasteiger partial charge in [0.05, 0.1) is 0 Å². The average Bonchev–Trinajstić information content (AvgIpc) is 1.39. The normalized spacial score (nSPS) is 5.00. The van der Waals surface area contributed by atoms with Gasteiger partial charge in [-0.1, -0.05) is 0 Å². The number of aliphatic hydroxyl groups is 1. The molecule has 0 saturated heterocycles. The van der Waals surface area contributed by atoms with E-state index in [4.69, 9.17) is 12.8 Å². The van der Waals surface area contributed by atoms with Crippen molar-refractivity contribution in [2.45, 2.75) is 6.92 Å². The van der Waals surface area contributed by atoms with Gasteiger partial charge in [0.25, 0.3) is 0 Å². The average molecular weight is 157 g/mol. The molecule has 3 nitrogen and oxygen atoms in total. The van der Waals surface area contributed by atoms with Crippen molar-refractivity contribution >= 4 is 14.8 Å². The molecule has 0 heterocycles. The van der Waals surface area contributed by atoms with Crippen LogP contribution in [-0.2, 0) is 7.67 Å². The van der Waals surface area contributed by atoms with E-state index in [9.17, 15) is 0 Å². The van der Waals surface area contributed by atoms with Crippen molar-refractivity contribution < 1.29 is 12.8 Å². The Morgan fingerprint density at radius 2 is 1.67 bits per heavy atom. The van der Waals surface area contributed by atoms with Gasteiger partial charge in [0.15, 0.2) is 0 Å². The standard InChI is InChI=1S/C2H6O.O2Se/c1-2-3;1-3-2/h3H,2H2,1H3;. The fourth-order valence-corrected chi connectivity index (χ4v) is 0. The van der Waals surface area contributed by atoms with Crippen LogP contribution in [0.5, 0.6) is 0 Å². The molecule has 0 aromatic carbocycles. The minimum absolute atomic E-state index is 0.250. The molecule has 4 heteroatoms. The van der Waals surface area contributed by atoms with E-state index in [0.717, 1.165) is 0 Å². The van der Waals surface area contributed by atoms with Crippen LogP contribution >= 0.6 is 0 Å². The fourth-order valence-electron chi connectivity index (χ4n) is 0. The SMILES string of the molecule is CCO.O=[Se]=O. The van der Waals surface area contributed by atoms with E-state index in [2.05, 4.69) is 0 Å². The first-order chi connectivity index (χ1) is 2.83. The molecule has 0 rings (SSSR count). The van der Waals surface area contributed by atoms with Crippen LogP contribution in [0.1, 0.15) is 6.92 Å². The van der Waals surface area contributed by atoms with Gasteiger partial charge < -0.3 is 5.11 Å². The maximum atomic E-state index is 8.44. The third-order valence-electron chi connectivity index (χ3n) is 0. The predicted molar refractivity (Wildman–Crippen MR) is 19.9 cm³/mol. The molecule has 0 aromatic rings. The third kappa shape index (κ3) is 6120. The van der Waals surface area contributed by atoms with Crippen LogP contribution in [0.4, 0.5) is 0 Å². The third-order valence-corrected chi connectivity index (χ3v) is 0. The van der Waals surface area contributed by atoms with Crippen LogP contribution in [0.3, 0.4) is 0 Å². The van der Waals surface area contributed by atoms with Crippen LogP contribution in [-0.4, -0.2) is 26.5 Å². The first kappa shape index (κ1) is 9.43. The molecule has 0 aliphatic carbocycles. The minimum atomic E-state index is -1.62. The van der Waals surface area contributed by atoms with Gasteiger partial charge in [-0.25, -0.2) is 0 Å². The Labute approximate surface area is 41.9 Å². The van der Waals surface area contributed by atoms with Crippen molar-refractivity contribution in [3.05, 3.63) is 0 Å². The number of hydrogen-bond acceptors (Lipinski definition) is 3. The van der Waals surface area contributed by atoms with Crippen LogP contribution in [0.2, 0.25) is 0 Å². The molecule has 0 atom stereocenters. The summed E-state index contributed by atoms with van der Waals surface area (Å²) in [7, 11) is 0. The van der Waals surface area contributed by atoms with Gasteiger partial charge in [-0.3, -0.25) is 0 Å². The molecular weight excluding hydrogens is 151 g/mol. The fraction of sp³-hybridized carbons (Fsp3) is 1.00. The van der Waals surface area contributed by atoms with Crippen LogP contribution < -0.4 is 0 Å². The molecule has 0 fully saturated rings. The van der Waals surface area contributed by atoms with E-state index in [1.165, 1.54) is 0 Å². The van der Waals surface area contributed by atoms with Crippen LogP contribution in [0.15, 0.2) is 0 Å². The molecule has 0 bridgehead atoms. The summed E-state index contributed by atoms with van der Waals surface area (Å²) in [6, 6.07) is 0. The van der Waals surface area contributed by atoms with Gasteiger partial charge in [0.1, 0.15) is 0 Å². The monoisotopic (exact) mass is 158 g/mol. The van der Waals surface area contributed by atoms with E-state index in [0.29, 0.717) is 0 Å². The second-order valence-electron chi connectivity index (χ2n) is 0.384. The molecule has 0 spiro atoms. The summed E-state index contributed by atoms with van der Waals surface area (Å²) in [6.07, 6.45) is 0. The molecule has 1 N–H and O–H groups in total. The summed E-state index contributed by atoms with van der Waals surface area (Å²) in [4.78, 5) is 0. The second-order valence-corrected chi connectivity index (χ2v) is 0.670. The number of aliphatic hydroxyl groups excluding tert-OH is 1. The second kappa shape index (κ2) is 19.5. The zero-order chi connectivity index (χ0) is 5.41. The maximum absolute atomic E-state index is 8.44. The quantitative estimate of drug-likeness (QED) is 0.477. The predicted octanol–water partition coefficient (Wildman–Crippen LogP) is -0.620. The molecule has 38 valence electrons. The summed E-state index contributed by atoms with van der Waals surface area (Å²) in [5.74, 6) is 0. The Hall–Kier alpha value is 0.0795. The molecule has 0 aliphatic rings. The molecule has 0 radical (unpaired) electrons. The van der Waals surface area contributed by atoms with Gasteiger partial charge in [0, 0.05) is 6.61 Å². The van der Waals surface area contributed by atoms with Crippen molar-refractivity contribution in [1.29, 1.82) is 0 Å². The number of hydrogen-bond donors (Lipinski definition) is 1. The van der Waals surface area contributed by atoms with Gasteiger partial charge in [-0.2, -0.15) is 0 Å². The molecule has 0 aromatic heterocycles. The van der Waals surface area contributed by atoms with E-state index in [-0.39, 0.29) is 6.61 Å². The van der Waals surface area contributed by atoms with Crippen LogP contribution in [0.25, 0.3) is 0 Å². The Morgan fingerprint density at radius 1 is 1.67 bits per heavy atom. The molecular formula is C2H6O3Se. The molecule has 0 amide bonds. The summed E-state index contributed by atoms with van der Waals surface area (Å²) in [5, 5.41) is 7.57. The van der Waals surface area contributed by atoms with Crippen molar-refractivity contribution in [1.82, 2.24) is 0 Å². The molecule has 0 saturated carbocycles. The van der Waals surface area contributed by atoms with Crippen molar-refractivity contribution in [3.63, 3.8) is 0 Å². The number of rotatable bonds is 0. The molecule has 6 heavy (non-hydrogen) atoms. The Balaban J connectivity index is 0. The first-order valence-corrected chi connectivity index (χ1v) is 2.76. The van der Waals surface area contributed by atoms with E-state index < -0.39 is 14.8 Å². The van der Waals surface area contributed by atoms with E-state index in [1.807, 2.05) is 0 Å². The zero-order valence-corrected chi connectivity index (χ0v) is 5.09. The van der Waals surface area contributed by atoms with Gasteiger partial charge >= 0.3 is 22.5 Å². The van der Waals surface area contributed by atoms with E-state index in [1.54, 1.807) is 6.92 Å². The first-order valence-electron chi connectivity index (χ1n) is 1.36. The Morgan fingerprint density at radius 3 is 1.67 bits per heavy atom. The van der Waals surface area contributed by atoms with Gasteiger partial charge in [-0.15, -0.1) is 0 Å². The summed E-state index contributed by atoms with van der Waals surface area (Å²) in [5.41, 5.74) is 0.